The summed E-state index contributed by atoms with van der Waals surface area (Å²) in [5, 5.41) is 2.76. The van der Waals surface area contributed by atoms with E-state index in [1.165, 1.54) is 28.7 Å². The molecule has 2 amide bonds. The van der Waals surface area contributed by atoms with Crippen LogP contribution in [0.25, 0.3) is 16.9 Å². The zero-order chi connectivity index (χ0) is 29.7. The lowest BCUT2D eigenvalue weighted by Gasteiger charge is -2.25. The number of carbonyl (C=O) groups is 2. The molecular weight excluding hydrogens is 549 g/mol. The zero-order valence-corrected chi connectivity index (χ0v) is 22.8. The number of nitrogens with zero attached hydrogens (tertiary/aromatic N) is 3. The number of carbonyl (C=O) groups excluding carboxylic acids is 2. The van der Waals surface area contributed by atoms with E-state index >= 15 is 0 Å². The summed E-state index contributed by atoms with van der Waals surface area (Å²) < 4.78 is 51.9. The van der Waals surface area contributed by atoms with Gasteiger partial charge in [0.25, 0.3) is 5.91 Å². The third-order valence-corrected chi connectivity index (χ3v) is 6.91. The number of halogens is 3. The van der Waals surface area contributed by atoms with Gasteiger partial charge < -0.3 is 14.4 Å². The number of nitrogens with one attached hydrogen (secondary N) is 1. The molecule has 4 aromatic rings. The molecule has 1 unspecified atom stereocenters. The standard InChI is InChI=1S/C31H29F3N4O4/c1-41-25-15-9-22(10-16-25)29(40)37(18-26-8-5-17-42-26)20-28(39)36-30-35-27(21-6-3-2-4-7-21)19-38(30)24-13-11-23(12-14-24)31(32,33)34/h2-4,6-7,9-16,19,26H,5,8,17-18,20H2,1H3,(H,35,36,39). The van der Waals surface area contributed by atoms with E-state index in [4.69, 9.17) is 9.47 Å². The molecule has 1 saturated heterocycles. The summed E-state index contributed by atoms with van der Waals surface area (Å²) in [6.07, 6.45) is -1.40. The van der Waals surface area contributed by atoms with Gasteiger partial charge in [0.2, 0.25) is 11.9 Å². The molecule has 0 saturated carbocycles. The maximum Gasteiger partial charge on any atom is 0.416 e. The van der Waals surface area contributed by atoms with Gasteiger partial charge in [-0.3, -0.25) is 19.5 Å². The molecule has 11 heteroatoms. The van der Waals surface area contributed by atoms with Crippen LogP contribution >= 0.6 is 0 Å². The van der Waals surface area contributed by atoms with Gasteiger partial charge >= 0.3 is 6.18 Å². The molecule has 1 aliphatic heterocycles. The first-order valence-corrected chi connectivity index (χ1v) is 13.4. The van der Waals surface area contributed by atoms with E-state index in [0.717, 1.165) is 30.5 Å². The van der Waals surface area contributed by atoms with Crippen LogP contribution in [0, 0.1) is 0 Å². The number of ether oxygens (including phenoxy) is 2. The summed E-state index contributed by atoms with van der Waals surface area (Å²) in [5.41, 5.74) is 1.24. The number of methoxy groups -OCH3 is 1. The van der Waals surface area contributed by atoms with Crippen LogP contribution in [0.4, 0.5) is 19.1 Å². The third kappa shape index (κ3) is 6.80. The fourth-order valence-corrected chi connectivity index (χ4v) is 4.73. The fraction of sp³-hybridized carbons (Fsp3) is 0.258. The van der Waals surface area contributed by atoms with Gasteiger partial charge in [0.15, 0.2) is 0 Å². The smallest absolute Gasteiger partial charge is 0.416 e. The molecule has 1 aliphatic rings. The minimum atomic E-state index is -4.48. The van der Waals surface area contributed by atoms with Gasteiger partial charge in [-0.15, -0.1) is 0 Å². The number of imidazole rings is 1. The van der Waals surface area contributed by atoms with Crippen LogP contribution in [0.1, 0.15) is 28.8 Å². The molecule has 1 atom stereocenters. The number of hydrogen-bond acceptors (Lipinski definition) is 5. The second kappa shape index (κ2) is 12.5. The maximum atomic E-state index is 13.4. The highest BCUT2D eigenvalue weighted by molar-refractivity contribution is 5.99. The normalized spacial score (nSPS) is 14.9. The highest BCUT2D eigenvalue weighted by Crippen LogP contribution is 2.31. The van der Waals surface area contributed by atoms with Gasteiger partial charge in [0.1, 0.15) is 12.3 Å². The Morgan fingerprint density at radius 3 is 2.38 bits per heavy atom. The Balaban J connectivity index is 1.41. The van der Waals surface area contributed by atoms with Crippen LogP contribution in [-0.2, 0) is 15.7 Å². The van der Waals surface area contributed by atoms with Gasteiger partial charge in [0.05, 0.1) is 24.5 Å². The second-order valence-electron chi connectivity index (χ2n) is 9.83. The van der Waals surface area contributed by atoms with Crippen molar-refractivity contribution in [3.8, 4) is 22.7 Å². The summed E-state index contributed by atoms with van der Waals surface area (Å²) in [6, 6.07) is 20.4. The van der Waals surface area contributed by atoms with Crippen molar-refractivity contribution in [3.63, 3.8) is 0 Å². The first-order chi connectivity index (χ1) is 20.2. The molecule has 5 rings (SSSR count). The summed E-state index contributed by atoms with van der Waals surface area (Å²) in [4.78, 5) is 32.8. The summed E-state index contributed by atoms with van der Waals surface area (Å²) in [6.45, 7) is 0.528. The number of hydrogen-bond donors (Lipinski definition) is 1. The highest BCUT2D eigenvalue weighted by Gasteiger charge is 2.30. The van der Waals surface area contributed by atoms with Crippen molar-refractivity contribution in [2.75, 3.05) is 32.1 Å². The average Bonchev–Trinajstić information content (AvgIpc) is 3.67. The molecule has 218 valence electrons. The van der Waals surface area contributed by atoms with Crippen molar-refractivity contribution < 1.29 is 32.2 Å². The van der Waals surface area contributed by atoms with E-state index in [-0.39, 0.29) is 31.0 Å². The molecule has 1 aromatic heterocycles. The number of amides is 2. The van der Waals surface area contributed by atoms with Crippen LogP contribution in [0.5, 0.6) is 5.75 Å². The van der Waals surface area contributed by atoms with Crippen molar-refractivity contribution >= 4 is 17.8 Å². The van der Waals surface area contributed by atoms with Crippen LogP contribution in [0.15, 0.2) is 85.1 Å². The third-order valence-electron chi connectivity index (χ3n) is 6.91. The molecule has 1 N–H and O–H groups in total. The predicted octanol–water partition coefficient (Wildman–Crippen LogP) is 5.83. The minimum Gasteiger partial charge on any atom is -0.497 e. The lowest BCUT2D eigenvalue weighted by Crippen LogP contribution is -2.42. The van der Waals surface area contributed by atoms with Gasteiger partial charge in [-0.2, -0.15) is 13.2 Å². The quantitative estimate of drug-likeness (QED) is 0.270. The molecule has 0 spiro atoms. The predicted molar refractivity (Wildman–Crippen MR) is 151 cm³/mol. The molecule has 0 bridgehead atoms. The van der Waals surface area contributed by atoms with E-state index in [1.807, 2.05) is 30.3 Å². The highest BCUT2D eigenvalue weighted by atomic mass is 19.4. The molecular formula is C31H29F3N4O4. The molecule has 1 fully saturated rings. The molecule has 42 heavy (non-hydrogen) atoms. The Bertz CT molecular complexity index is 1510. The average molecular weight is 579 g/mol. The van der Waals surface area contributed by atoms with Crippen LogP contribution in [0.2, 0.25) is 0 Å². The van der Waals surface area contributed by atoms with E-state index in [9.17, 15) is 22.8 Å². The lowest BCUT2D eigenvalue weighted by atomic mass is 10.1. The topological polar surface area (TPSA) is 85.7 Å². The first kappa shape index (κ1) is 28.9. The Morgan fingerprint density at radius 1 is 1.05 bits per heavy atom. The van der Waals surface area contributed by atoms with Crippen LogP contribution < -0.4 is 10.1 Å². The SMILES string of the molecule is COc1ccc(C(=O)N(CC(=O)Nc2nc(-c3ccccc3)cn2-c2ccc(C(F)(F)F)cc2)CC2CCCO2)cc1. The van der Waals surface area contributed by atoms with E-state index in [2.05, 4.69) is 10.3 Å². The van der Waals surface area contributed by atoms with Crippen molar-refractivity contribution in [3.05, 3.63) is 96.2 Å². The fourth-order valence-electron chi connectivity index (χ4n) is 4.73. The molecule has 8 nitrogen and oxygen atoms in total. The summed E-state index contributed by atoms with van der Waals surface area (Å²) in [7, 11) is 1.53. The summed E-state index contributed by atoms with van der Waals surface area (Å²) in [5.74, 6) is -0.167. The van der Waals surface area contributed by atoms with Gasteiger partial charge in [-0.05, 0) is 61.4 Å². The number of alkyl halides is 3. The van der Waals surface area contributed by atoms with Gasteiger partial charge in [-0.25, -0.2) is 4.98 Å². The van der Waals surface area contributed by atoms with Gasteiger partial charge in [-0.1, -0.05) is 30.3 Å². The lowest BCUT2D eigenvalue weighted by molar-refractivity contribution is -0.137. The van der Waals surface area contributed by atoms with Crippen molar-refractivity contribution in [2.45, 2.75) is 25.1 Å². The van der Waals surface area contributed by atoms with Crippen molar-refractivity contribution in [1.82, 2.24) is 14.5 Å². The van der Waals surface area contributed by atoms with E-state index in [0.29, 0.717) is 29.3 Å². The Hall–Kier alpha value is -4.64. The zero-order valence-electron chi connectivity index (χ0n) is 22.8. The van der Waals surface area contributed by atoms with Crippen molar-refractivity contribution in [2.24, 2.45) is 0 Å². The summed E-state index contributed by atoms with van der Waals surface area (Å²) >= 11 is 0. The number of anilines is 1. The minimum absolute atomic E-state index is 0.104. The molecule has 0 aliphatic carbocycles. The number of rotatable bonds is 9. The maximum absolute atomic E-state index is 13.4. The van der Waals surface area contributed by atoms with Crippen LogP contribution in [0.3, 0.4) is 0 Å². The number of benzene rings is 3. The molecule has 0 radical (unpaired) electrons. The Kier molecular flexibility index (Phi) is 8.58. The van der Waals surface area contributed by atoms with Crippen LogP contribution in [-0.4, -0.2) is 59.2 Å². The largest absolute Gasteiger partial charge is 0.497 e. The second-order valence-corrected chi connectivity index (χ2v) is 9.83. The van der Waals surface area contributed by atoms with Gasteiger partial charge in [0, 0.05) is 36.2 Å². The molecule has 2 heterocycles. The number of aromatic nitrogens is 2. The Labute approximate surface area is 240 Å². The van der Waals surface area contributed by atoms with E-state index in [1.54, 1.807) is 30.5 Å². The molecule has 3 aromatic carbocycles. The monoisotopic (exact) mass is 578 g/mol. The van der Waals surface area contributed by atoms with Crippen molar-refractivity contribution in [1.29, 1.82) is 0 Å². The Morgan fingerprint density at radius 2 is 1.76 bits per heavy atom. The van der Waals surface area contributed by atoms with E-state index < -0.39 is 17.6 Å². The first-order valence-electron chi connectivity index (χ1n) is 13.4.